The second-order valence-electron chi connectivity index (χ2n) is 2.11. The van der Waals surface area contributed by atoms with Gasteiger partial charge in [0, 0.05) is 5.75 Å². The van der Waals surface area contributed by atoms with Gasteiger partial charge < -0.3 is 4.74 Å². The maximum atomic E-state index is 10.6. The summed E-state index contributed by atoms with van der Waals surface area (Å²) in [5.41, 5.74) is 0. The first kappa shape index (κ1) is 11.2. The van der Waals surface area contributed by atoms with Crippen LogP contribution in [0.2, 0.25) is 0 Å². The quantitative estimate of drug-likeness (QED) is 0.371. The highest BCUT2D eigenvalue weighted by Crippen LogP contribution is 2.04. The van der Waals surface area contributed by atoms with Crippen molar-refractivity contribution in [1.29, 1.82) is 0 Å². The molecule has 0 aromatic heterocycles. The van der Waals surface area contributed by atoms with E-state index in [1.54, 1.807) is 5.41 Å². The third kappa shape index (κ3) is 7.34. The van der Waals surface area contributed by atoms with E-state index in [-0.39, 0.29) is 11.8 Å². The number of methoxy groups -OCH3 is 1. The van der Waals surface area contributed by atoms with Crippen LogP contribution < -0.4 is 0 Å². The lowest BCUT2D eigenvalue weighted by atomic mass is 10.5. The number of rotatable bonds is 5. The normalized spacial score (nSPS) is 10.2. The van der Waals surface area contributed by atoms with E-state index in [4.69, 9.17) is 0 Å². The molecule has 4 heteroatoms. The zero-order valence-electron chi connectivity index (χ0n) is 7.20. The van der Waals surface area contributed by atoms with E-state index in [0.717, 1.165) is 0 Å². The number of ketones is 1. The van der Waals surface area contributed by atoms with Crippen molar-refractivity contribution in [2.75, 3.05) is 12.9 Å². The van der Waals surface area contributed by atoms with Crippen molar-refractivity contribution in [2.45, 2.75) is 13.3 Å². The van der Waals surface area contributed by atoms with E-state index < -0.39 is 0 Å². The third-order valence-electron chi connectivity index (χ3n) is 1.05. The molecule has 0 aromatic carbocycles. The van der Waals surface area contributed by atoms with E-state index >= 15 is 0 Å². The van der Waals surface area contributed by atoms with E-state index in [1.807, 2.05) is 0 Å². The Morgan fingerprint density at radius 2 is 2.17 bits per heavy atom. The maximum absolute atomic E-state index is 10.6. The molecule has 0 N–H and O–H groups in total. The van der Waals surface area contributed by atoms with Crippen LogP contribution in [0, 0.1) is 0 Å². The van der Waals surface area contributed by atoms with Crippen LogP contribution in [0.1, 0.15) is 13.3 Å². The standard InChI is InChI=1S/C8H12O3S/c1-7(9)3-5-12-6-4-8(10)11-2/h3,5H,4,6H2,1-2H3/b5-3+. The predicted molar refractivity (Wildman–Crippen MR) is 48.9 cm³/mol. The molecular formula is C8H12O3S. The smallest absolute Gasteiger partial charge is 0.306 e. The highest BCUT2D eigenvalue weighted by atomic mass is 32.2. The van der Waals surface area contributed by atoms with Crippen molar-refractivity contribution >= 4 is 23.5 Å². The molecule has 0 saturated heterocycles. The number of carbonyl (C=O) groups excluding carboxylic acids is 2. The molecule has 0 bridgehead atoms. The van der Waals surface area contributed by atoms with Gasteiger partial charge in [0.05, 0.1) is 13.5 Å². The number of carbonyl (C=O) groups is 2. The van der Waals surface area contributed by atoms with Gasteiger partial charge in [-0.1, -0.05) is 0 Å². The van der Waals surface area contributed by atoms with Gasteiger partial charge in [-0.2, -0.15) is 0 Å². The minimum atomic E-state index is -0.223. The summed E-state index contributed by atoms with van der Waals surface area (Å²) in [5.74, 6) is 0.440. The summed E-state index contributed by atoms with van der Waals surface area (Å²) in [6.45, 7) is 1.48. The zero-order valence-corrected chi connectivity index (χ0v) is 8.02. The molecule has 68 valence electrons. The van der Waals surface area contributed by atoms with Gasteiger partial charge in [-0.05, 0) is 18.4 Å². The first-order valence-electron chi connectivity index (χ1n) is 3.52. The molecule has 12 heavy (non-hydrogen) atoms. The first-order valence-corrected chi connectivity index (χ1v) is 4.57. The number of hydrogen-bond acceptors (Lipinski definition) is 4. The van der Waals surface area contributed by atoms with Crippen LogP contribution >= 0.6 is 11.8 Å². The van der Waals surface area contributed by atoms with Gasteiger partial charge in [-0.15, -0.1) is 11.8 Å². The summed E-state index contributed by atoms with van der Waals surface area (Å²) in [5, 5.41) is 1.69. The van der Waals surface area contributed by atoms with Gasteiger partial charge in [0.1, 0.15) is 0 Å². The van der Waals surface area contributed by atoms with Crippen LogP contribution in [-0.4, -0.2) is 24.6 Å². The number of esters is 1. The van der Waals surface area contributed by atoms with Crippen LogP contribution in [0.25, 0.3) is 0 Å². The third-order valence-corrected chi connectivity index (χ3v) is 1.82. The fourth-order valence-electron chi connectivity index (χ4n) is 0.456. The van der Waals surface area contributed by atoms with Gasteiger partial charge in [0.15, 0.2) is 5.78 Å². The molecule has 0 unspecified atom stereocenters. The lowest BCUT2D eigenvalue weighted by Gasteiger charge is -1.94. The summed E-state index contributed by atoms with van der Waals surface area (Å²) in [4.78, 5) is 21.0. The Labute approximate surface area is 76.2 Å². The highest BCUT2D eigenvalue weighted by Gasteiger charge is 1.97. The topological polar surface area (TPSA) is 43.4 Å². The highest BCUT2D eigenvalue weighted by molar-refractivity contribution is 8.02. The fraction of sp³-hybridized carbons (Fsp3) is 0.500. The Bertz CT molecular complexity index is 187. The monoisotopic (exact) mass is 188 g/mol. The molecule has 0 atom stereocenters. The van der Waals surface area contributed by atoms with E-state index in [9.17, 15) is 9.59 Å². The second kappa shape index (κ2) is 6.91. The molecule has 0 heterocycles. The first-order chi connectivity index (χ1) is 5.66. The summed E-state index contributed by atoms with van der Waals surface area (Å²) >= 11 is 1.42. The van der Waals surface area contributed by atoms with Crippen LogP contribution in [0.5, 0.6) is 0 Å². The van der Waals surface area contributed by atoms with Gasteiger partial charge in [0.25, 0.3) is 0 Å². The minimum absolute atomic E-state index is 0.0144. The maximum Gasteiger partial charge on any atom is 0.306 e. The van der Waals surface area contributed by atoms with Gasteiger partial charge in [-0.25, -0.2) is 0 Å². The molecule has 0 aliphatic carbocycles. The lowest BCUT2D eigenvalue weighted by molar-refractivity contribution is -0.140. The Kier molecular flexibility index (Phi) is 6.47. The van der Waals surface area contributed by atoms with Crippen molar-refractivity contribution in [3.05, 3.63) is 11.5 Å². The summed E-state index contributed by atoms with van der Waals surface area (Å²) < 4.78 is 4.43. The molecule has 0 amide bonds. The average Bonchev–Trinajstić information content (AvgIpc) is 2.03. The minimum Gasteiger partial charge on any atom is -0.469 e. The summed E-state index contributed by atoms with van der Waals surface area (Å²) in [7, 11) is 1.36. The van der Waals surface area contributed by atoms with E-state index in [2.05, 4.69) is 4.74 Å². The molecule has 0 saturated carbocycles. The molecule has 0 spiro atoms. The summed E-state index contributed by atoms with van der Waals surface area (Å²) in [6.07, 6.45) is 1.85. The van der Waals surface area contributed by atoms with Crippen LogP contribution in [-0.2, 0) is 14.3 Å². The van der Waals surface area contributed by atoms with Gasteiger partial charge >= 0.3 is 5.97 Å². The van der Waals surface area contributed by atoms with Crippen molar-refractivity contribution in [2.24, 2.45) is 0 Å². The Balaban J connectivity index is 3.33. The molecule has 0 rings (SSSR count). The fourth-order valence-corrected chi connectivity index (χ4v) is 1.16. The zero-order chi connectivity index (χ0) is 9.40. The number of hydrogen-bond donors (Lipinski definition) is 0. The molecule has 0 fully saturated rings. The summed E-state index contributed by atoms with van der Waals surface area (Å²) in [6, 6.07) is 0. The van der Waals surface area contributed by atoms with Crippen molar-refractivity contribution in [3.8, 4) is 0 Å². The molecule has 0 aliphatic rings. The number of ether oxygens (including phenoxy) is 1. The van der Waals surface area contributed by atoms with Crippen LogP contribution in [0.3, 0.4) is 0 Å². The van der Waals surface area contributed by atoms with Crippen molar-refractivity contribution in [3.63, 3.8) is 0 Å². The molecule has 3 nitrogen and oxygen atoms in total. The SMILES string of the molecule is COC(=O)CCS/C=C/C(C)=O. The van der Waals surface area contributed by atoms with Crippen LogP contribution in [0.15, 0.2) is 11.5 Å². The van der Waals surface area contributed by atoms with E-state index in [1.165, 1.54) is 31.9 Å². The lowest BCUT2D eigenvalue weighted by Crippen LogP contribution is -2.00. The van der Waals surface area contributed by atoms with Crippen molar-refractivity contribution in [1.82, 2.24) is 0 Å². The van der Waals surface area contributed by atoms with Crippen LogP contribution in [0.4, 0.5) is 0 Å². The average molecular weight is 188 g/mol. The molecule has 0 aromatic rings. The van der Waals surface area contributed by atoms with Crippen molar-refractivity contribution < 1.29 is 14.3 Å². The largest absolute Gasteiger partial charge is 0.469 e. The molecule has 0 radical (unpaired) electrons. The Hall–Kier alpha value is -0.770. The van der Waals surface area contributed by atoms with Gasteiger partial charge in [0.2, 0.25) is 0 Å². The second-order valence-corrected chi connectivity index (χ2v) is 3.12. The van der Waals surface area contributed by atoms with Gasteiger partial charge in [-0.3, -0.25) is 9.59 Å². The number of allylic oxidation sites excluding steroid dienone is 1. The molecule has 0 aliphatic heterocycles. The predicted octanol–water partition coefficient (Wildman–Crippen LogP) is 1.39. The molecular weight excluding hydrogens is 176 g/mol. The Morgan fingerprint density at radius 1 is 1.50 bits per heavy atom. The Morgan fingerprint density at radius 3 is 2.67 bits per heavy atom. The van der Waals surface area contributed by atoms with E-state index in [0.29, 0.717) is 12.2 Å². The number of thioether (sulfide) groups is 1.